The third-order valence-corrected chi connectivity index (χ3v) is 15.6. The molecule has 23 nitrogen and oxygen atoms in total. The Balaban J connectivity index is 0.000000614. The van der Waals surface area contributed by atoms with Crippen molar-refractivity contribution in [3.05, 3.63) is 109 Å². The molecule has 1 fully saturated rings. The van der Waals surface area contributed by atoms with Crippen LogP contribution in [0.5, 0.6) is 0 Å². The number of benzene rings is 2. The van der Waals surface area contributed by atoms with Crippen LogP contribution in [-0.2, 0) is 47.9 Å². The van der Waals surface area contributed by atoms with Gasteiger partial charge < -0.3 is 63.8 Å². The van der Waals surface area contributed by atoms with Gasteiger partial charge in [-0.3, -0.25) is 52.9 Å². The molecule has 0 spiro atoms. The highest BCUT2D eigenvalue weighted by Gasteiger charge is 2.40. The van der Waals surface area contributed by atoms with Gasteiger partial charge in [-0.15, -0.1) is 13.2 Å². The van der Waals surface area contributed by atoms with Gasteiger partial charge in [-0.25, -0.2) is 0 Å². The molecule has 0 aliphatic carbocycles. The molecule has 1 aliphatic heterocycles. The quantitative estimate of drug-likeness (QED) is 0.0215. The van der Waals surface area contributed by atoms with Crippen LogP contribution in [0.2, 0.25) is 0 Å². The lowest BCUT2D eigenvalue weighted by Crippen LogP contribution is -2.55. The van der Waals surface area contributed by atoms with E-state index < -0.39 is 76.6 Å². The molecule has 2 aromatic carbocycles. The summed E-state index contributed by atoms with van der Waals surface area (Å²) in [7, 11) is 5.18. The number of rotatable bonds is 30. The van der Waals surface area contributed by atoms with Crippen molar-refractivity contribution in [1.82, 2.24) is 63.8 Å². The van der Waals surface area contributed by atoms with Crippen LogP contribution in [0, 0.1) is 23.7 Å². The molecule has 3 rings (SSSR count). The molecule has 498 valence electrons. The number of nitrogens with one attached hydrogen (secondary N) is 12. The summed E-state index contributed by atoms with van der Waals surface area (Å²) in [6, 6.07) is 14.0. The van der Waals surface area contributed by atoms with Gasteiger partial charge in [0.2, 0.25) is 47.3 Å². The third kappa shape index (κ3) is 26.4. The van der Waals surface area contributed by atoms with E-state index in [9.17, 15) is 47.9 Å². The Morgan fingerprint density at radius 3 is 1.97 bits per heavy atom. The van der Waals surface area contributed by atoms with E-state index in [1.165, 1.54) is 6.08 Å². The highest BCUT2D eigenvalue weighted by molar-refractivity contribution is 5.99. The number of hydrogen-bond donors (Lipinski definition) is 12. The summed E-state index contributed by atoms with van der Waals surface area (Å²) >= 11 is 0. The standard InChI is InChI=1S/C34H53N7O5.C33H52N6O5/c1-9-19-34(6,41-29(43)23(4)5)27(42)22-25(18-15-21-38-33(35-7)36-8)30(44)39-26(11-3)31(45)40-28(32(46)37-20-10-2)24-16-13-12-14-17-24;1-7-25-31(43)38-28(23-15-10-9-11-16-23)32(44)36-19-13-12-18-33(5,39-29(41)22(3)4)26(40)21-24(30(42)37-25)17-14-20-35-27(8-2)34-6/h9-10,12-14,16-17,23,25-26,28H,1-2,11,15,18-22H2,3-8H3,(H,37,46)(H,39,44)(H,40,45)(H,41,43)(H2,35,36,38);8-11,15-16,22,24-25,28,34-35H,7,12-14,17-21H2,1-6H3,(H,36,44)(H,37,42)(H,38,43)(H,39,41)/b;27-8+/t25-,26+,28-,34-;24-,25+,28-,33-/m11/s1. The van der Waals surface area contributed by atoms with Gasteiger partial charge in [-0.2, -0.15) is 0 Å². The monoisotopic (exact) mass is 1250 g/mol. The Kier molecular flexibility index (Phi) is 35.4. The van der Waals surface area contributed by atoms with E-state index in [0.29, 0.717) is 81.7 Å². The lowest BCUT2D eigenvalue weighted by atomic mass is 9.83. The number of hydrogen-bond acceptors (Lipinski definition) is 13. The zero-order valence-corrected chi connectivity index (χ0v) is 55.4. The Morgan fingerprint density at radius 1 is 0.756 bits per heavy atom. The molecule has 0 saturated carbocycles. The van der Waals surface area contributed by atoms with E-state index in [4.69, 9.17) is 0 Å². The van der Waals surface area contributed by atoms with Gasteiger partial charge in [-0.1, -0.05) is 114 Å². The van der Waals surface area contributed by atoms with Gasteiger partial charge in [0.25, 0.3) is 0 Å². The summed E-state index contributed by atoms with van der Waals surface area (Å²) in [6.45, 7) is 24.7. The van der Waals surface area contributed by atoms with Crippen molar-refractivity contribution >= 4 is 64.8 Å². The number of nitrogens with zero attached hydrogens (tertiary/aromatic N) is 1. The molecule has 0 bridgehead atoms. The molecule has 1 heterocycles. The van der Waals surface area contributed by atoms with Crippen molar-refractivity contribution in [2.45, 2.75) is 175 Å². The van der Waals surface area contributed by atoms with Gasteiger partial charge in [0.05, 0.1) is 16.9 Å². The number of guanidine groups is 1. The maximum atomic E-state index is 13.9. The largest absolute Gasteiger partial charge is 0.375 e. The number of aliphatic imine (C=N–C) groups is 1. The van der Waals surface area contributed by atoms with Crippen molar-refractivity contribution in [1.29, 1.82) is 0 Å². The molecule has 0 unspecified atom stereocenters. The first-order valence-electron chi connectivity index (χ1n) is 31.6. The van der Waals surface area contributed by atoms with Gasteiger partial charge in [0, 0.05) is 83.8 Å². The zero-order valence-electron chi connectivity index (χ0n) is 55.4. The van der Waals surface area contributed by atoms with E-state index >= 15 is 0 Å². The summed E-state index contributed by atoms with van der Waals surface area (Å²) in [4.78, 5) is 138. The summed E-state index contributed by atoms with van der Waals surface area (Å²) in [6.07, 6.45) is 8.79. The van der Waals surface area contributed by atoms with Crippen molar-refractivity contribution < 1.29 is 47.9 Å². The van der Waals surface area contributed by atoms with E-state index in [-0.39, 0.29) is 79.8 Å². The van der Waals surface area contributed by atoms with Gasteiger partial charge in [0.1, 0.15) is 24.2 Å². The SMILES string of the molecule is C/C=C(\NC)NCCC[C@@H]1CC(=O)[C@](C)(NC(=O)C(C)C)CCCCNC(=O)[C@@H](c2ccccc2)NC(=O)[C@H](CC)NC1=O.C=CCNC(=O)[C@H](NC(=O)[C@H](CC)NC(=O)[C@H](CCCNC(=NC)NC)CC(=O)[C@@](C)(CC=C)NC(=O)C(C)C)c1ccccc1. The fourth-order valence-corrected chi connectivity index (χ4v) is 9.77. The molecular weight excluding hydrogens is 1150 g/mol. The van der Waals surface area contributed by atoms with Crippen LogP contribution in [0.1, 0.15) is 163 Å². The van der Waals surface area contributed by atoms with Crippen LogP contribution in [0.4, 0.5) is 0 Å². The first-order chi connectivity index (χ1) is 42.8. The van der Waals surface area contributed by atoms with Crippen molar-refractivity contribution in [3.8, 4) is 0 Å². The van der Waals surface area contributed by atoms with Crippen LogP contribution in [0.15, 0.2) is 103 Å². The van der Waals surface area contributed by atoms with Gasteiger partial charge in [-0.05, 0) is 102 Å². The molecule has 90 heavy (non-hydrogen) atoms. The van der Waals surface area contributed by atoms with E-state index in [2.05, 4.69) is 82.0 Å². The predicted octanol–water partition coefficient (Wildman–Crippen LogP) is 4.89. The molecule has 1 saturated heterocycles. The summed E-state index contributed by atoms with van der Waals surface area (Å²) in [5.74, 6) is -4.51. The zero-order chi connectivity index (χ0) is 67.4. The Morgan fingerprint density at radius 2 is 1.40 bits per heavy atom. The number of carbonyl (C=O) groups excluding carboxylic acids is 10. The first-order valence-corrected chi connectivity index (χ1v) is 31.6. The smallest absolute Gasteiger partial charge is 0.247 e. The molecule has 12 N–H and O–H groups in total. The van der Waals surface area contributed by atoms with Crippen molar-refractivity contribution in [2.24, 2.45) is 28.7 Å². The Hall–Kier alpha value is -8.37. The van der Waals surface area contributed by atoms with E-state index in [1.807, 2.05) is 26.1 Å². The molecule has 1 aliphatic rings. The second kappa shape index (κ2) is 41.0. The third-order valence-electron chi connectivity index (χ3n) is 15.6. The Labute approximate surface area is 534 Å². The maximum Gasteiger partial charge on any atom is 0.247 e. The number of amides is 8. The van der Waals surface area contributed by atoms with E-state index in [1.54, 1.807) is 130 Å². The molecule has 0 aromatic heterocycles. The molecule has 2 aromatic rings. The first kappa shape index (κ1) is 77.7. The summed E-state index contributed by atoms with van der Waals surface area (Å²) < 4.78 is 0. The number of ketones is 2. The fraction of sp³-hybridized carbons (Fsp3) is 0.567. The van der Waals surface area contributed by atoms with Crippen molar-refractivity contribution in [3.63, 3.8) is 0 Å². The maximum absolute atomic E-state index is 13.9. The predicted molar refractivity (Wildman–Crippen MR) is 353 cm³/mol. The second-order valence-electron chi connectivity index (χ2n) is 23.4. The lowest BCUT2D eigenvalue weighted by molar-refractivity contribution is -0.137. The topological polar surface area (TPSA) is 327 Å². The van der Waals surface area contributed by atoms with Crippen LogP contribution < -0.4 is 63.8 Å². The highest BCUT2D eigenvalue weighted by Crippen LogP contribution is 2.26. The van der Waals surface area contributed by atoms with E-state index in [0.717, 1.165) is 5.82 Å². The lowest BCUT2D eigenvalue weighted by Gasteiger charge is -2.32. The molecular formula is C67H105N13O10. The minimum atomic E-state index is -1.25. The summed E-state index contributed by atoms with van der Waals surface area (Å²) in [5, 5.41) is 35.0. The van der Waals surface area contributed by atoms with Crippen LogP contribution in [-0.4, -0.2) is 135 Å². The van der Waals surface area contributed by atoms with Crippen molar-refractivity contribution in [2.75, 3.05) is 47.3 Å². The molecule has 8 atom stereocenters. The number of Topliss-reactive ketones (excluding diaryl/α,β-unsaturated/α-hetero) is 2. The average Bonchev–Trinajstić information content (AvgIpc) is 1.21. The van der Waals surface area contributed by atoms with Gasteiger partial charge in [0.15, 0.2) is 17.5 Å². The van der Waals surface area contributed by atoms with Crippen LogP contribution in [0.25, 0.3) is 0 Å². The summed E-state index contributed by atoms with van der Waals surface area (Å²) in [5.41, 5.74) is -1.23. The van der Waals surface area contributed by atoms with Crippen LogP contribution >= 0.6 is 0 Å². The van der Waals surface area contributed by atoms with Gasteiger partial charge >= 0.3 is 0 Å². The minimum Gasteiger partial charge on any atom is -0.375 e. The molecule has 23 heteroatoms. The normalized spacial score (nSPS) is 19.4. The molecule has 8 amide bonds. The fourth-order valence-electron chi connectivity index (χ4n) is 9.77. The Bertz CT molecular complexity index is 2740. The second-order valence-corrected chi connectivity index (χ2v) is 23.4. The minimum absolute atomic E-state index is 0.0787. The number of allylic oxidation sites excluding steroid dienone is 1. The average molecular weight is 1250 g/mol. The molecule has 0 radical (unpaired) electrons. The number of carbonyl (C=O) groups is 10. The van der Waals surface area contributed by atoms with Crippen LogP contribution in [0.3, 0.4) is 0 Å². The highest BCUT2D eigenvalue weighted by atomic mass is 16.2.